The van der Waals surface area contributed by atoms with Crippen molar-refractivity contribution in [2.75, 3.05) is 0 Å². The van der Waals surface area contributed by atoms with Crippen LogP contribution in [0.15, 0.2) is 23.1 Å². The SMILES string of the molecule is Cn1cccc(C(=O)NC2CCCCC2)c1=O. The molecule has 1 amide bonds. The van der Waals surface area contributed by atoms with Crippen LogP contribution in [0, 0.1) is 0 Å². The van der Waals surface area contributed by atoms with Crippen LogP contribution in [0.25, 0.3) is 0 Å². The predicted molar refractivity (Wildman–Crippen MR) is 66.0 cm³/mol. The first-order chi connectivity index (χ1) is 8.18. The van der Waals surface area contributed by atoms with Crippen molar-refractivity contribution in [3.8, 4) is 0 Å². The van der Waals surface area contributed by atoms with Gasteiger partial charge in [0.25, 0.3) is 11.5 Å². The third kappa shape index (κ3) is 2.75. The summed E-state index contributed by atoms with van der Waals surface area (Å²) in [7, 11) is 1.65. The van der Waals surface area contributed by atoms with Gasteiger partial charge >= 0.3 is 0 Å². The summed E-state index contributed by atoms with van der Waals surface area (Å²) in [5.41, 5.74) is 0.00128. The lowest BCUT2D eigenvalue weighted by atomic mass is 9.95. The van der Waals surface area contributed by atoms with Crippen LogP contribution in [0.5, 0.6) is 0 Å². The average Bonchev–Trinajstić information content (AvgIpc) is 2.34. The molecular weight excluding hydrogens is 216 g/mol. The van der Waals surface area contributed by atoms with Crippen molar-refractivity contribution < 1.29 is 4.79 Å². The van der Waals surface area contributed by atoms with Gasteiger partial charge in [-0.1, -0.05) is 19.3 Å². The lowest BCUT2D eigenvalue weighted by Gasteiger charge is -2.22. The molecule has 1 heterocycles. The number of rotatable bonds is 2. The lowest BCUT2D eigenvalue weighted by molar-refractivity contribution is 0.0925. The second-order valence-electron chi connectivity index (χ2n) is 4.65. The highest BCUT2D eigenvalue weighted by atomic mass is 16.2. The number of carbonyl (C=O) groups is 1. The number of nitrogens with one attached hydrogen (secondary N) is 1. The van der Waals surface area contributed by atoms with Crippen molar-refractivity contribution in [2.24, 2.45) is 7.05 Å². The molecule has 1 aliphatic rings. The summed E-state index contributed by atoms with van der Waals surface area (Å²) in [6, 6.07) is 3.54. The standard InChI is InChI=1S/C13H18N2O2/c1-15-9-5-8-11(13(15)17)12(16)14-10-6-3-2-4-7-10/h5,8-10H,2-4,6-7H2,1H3,(H,14,16). The molecule has 0 atom stereocenters. The highest BCUT2D eigenvalue weighted by molar-refractivity contribution is 5.93. The number of pyridine rings is 1. The first-order valence-corrected chi connectivity index (χ1v) is 6.15. The number of aryl methyl sites for hydroxylation is 1. The number of carbonyl (C=O) groups excluding carboxylic acids is 1. The normalized spacial score (nSPS) is 16.8. The van der Waals surface area contributed by atoms with E-state index in [9.17, 15) is 9.59 Å². The number of amides is 1. The Bertz CT molecular complexity index is 459. The maximum atomic E-state index is 12.0. The van der Waals surface area contributed by atoms with Gasteiger partial charge in [0.1, 0.15) is 5.56 Å². The van der Waals surface area contributed by atoms with Crippen LogP contribution in [0.3, 0.4) is 0 Å². The van der Waals surface area contributed by atoms with Gasteiger partial charge in [-0.15, -0.1) is 0 Å². The Hall–Kier alpha value is -1.58. The number of hydrogen-bond donors (Lipinski definition) is 1. The highest BCUT2D eigenvalue weighted by Gasteiger charge is 2.18. The molecule has 1 aliphatic carbocycles. The van der Waals surface area contributed by atoms with E-state index in [0.717, 1.165) is 25.7 Å². The second kappa shape index (κ2) is 5.17. The van der Waals surface area contributed by atoms with Gasteiger partial charge in [0.2, 0.25) is 0 Å². The fourth-order valence-corrected chi connectivity index (χ4v) is 2.28. The third-order valence-electron chi connectivity index (χ3n) is 3.31. The zero-order valence-electron chi connectivity index (χ0n) is 10.1. The molecule has 1 N–H and O–H groups in total. The molecule has 92 valence electrons. The van der Waals surface area contributed by atoms with E-state index in [4.69, 9.17) is 0 Å². The highest BCUT2D eigenvalue weighted by Crippen LogP contribution is 2.17. The first kappa shape index (κ1) is 11.9. The Labute approximate surface area is 101 Å². The molecule has 0 saturated heterocycles. The summed E-state index contributed by atoms with van der Waals surface area (Å²) >= 11 is 0. The van der Waals surface area contributed by atoms with Crippen LogP contribution in [0.4, 0.5) is 0 Å². The molecule has 0 aromatic carbocycles. The topological polar surface area (TPSA) is 51.1 Å². The molecule has 1 aromatic rings. The zero-order valence-corrected chi connectivity index (χ0v) is 10.1. The van der Waals surface area contributed by atoms with Crippen molar-refractivity contribution >= 4 is 5.91 Å². The van der Waals surface area contributed by atoms with Gasteiger partial charge in [0.15, 0.2) is 0 Å². The van der Waals surface area contributed by atoms with Crippen LogP contribution in [-0.2, 0) is 7.05 Å². The Balaban J connectivity index is 2.09. The van der Waals surface area contributed by atoms with Gasteiger partial charge in [-0.25, -0.2) is 0 Å². The predicted octanol–water partition coefficient (Wildman–Crippen LogP) is 1.45. The van der Waals surface area contributed by atoms with Crippen molar-refractivity contribution in [1.29, 1.82) is 0 Å². The van der Waals surface area contributed by atoms with E-state index in [1.165, 1.54) is 11.0 Å². The van der Waals surface area contributed by atoms with Crippen LogP contribution in [0.2, 0.25) is 0 Å². The number of hydrogen-bond acceptors (Lipinski definition) is 2. The summed E-state index contributed by atoms with van der Waals surface area (Å²) in [5.74, 6) is -0.238. The monoisotopic (exact) mass is 234 g/mol. The van der Waals surface area contributed by atoms with E-state index in [1.807, 2.05) is 0 Å². The average molecular weight is 234 g/mol. The Morgan fingerprint density at radius 1 is 1.35 bits per heavy atom. The summed E-state index contributed by atoms with van der Waals surface area (Å²) in [5, 5.41) is 2.95. The first-order valence-electron chi connectivity index (χ1n) is 6.15. The summed E-state index contributed by atoms with van der Waals surface area (Å²) in [6.07, 6.45) is 7.28. The fraction of sp³-hybridized carbons (Fsp3) is 0.538. The molecule has 0 radical (unpaired) electrons. The van der Waals surface area contributed by atoms with E-state index >= 15 is 0 Å². The number of aromatic nitrogens is 1. The summed E-state index contributed by atoms with van der Waals surface area (Å²) < 4.78 is 1.43. The van der Waals surface area contributed by atoms with Crippen LogP contribution >= 0.6 is 0 Å². The molecule has 17 heavy (non-hydrogen) atoms. The molecular formula is C13H18N2O2. The molecule has 4 nitrogen and oxygen atoms in total. The maximum absolute atomic E-state index is 12.0. The molecule has 0 unspecified atom stereocenters. The van der Waals surface area contributed by atoms with Crippen molar-refractivity contribution in [3.05, 3.63) is 34.2 Å². The third-order valence-corrected chi connectivity index (χ3v) is 3.31. The molecule has 0 aliphatic heterocycles. The van der Waals surface area contributed by atoms with Gasteiger partial charge in [-0.2, -0.15) is 0 Å². The Kier molecular flexibility index (Phi) is 3.61. The van der Waals surface area contributed by atoms with E-state index in [1.54, 1.807) is 25.4 Å². The minimum Gasteiger partial charge on any atom is -0.349 e. The smallest absolute Gasteiger partial charge is 0.263 e. The van der Waals surface area contributed by atoms with Crippen LogP contribution < -0.4 is 10.9 Å². The quantitative estimate of drug-likeness (QED) is 0.842. The lowest BCUT2D eigenvalue weighted by Crippen LogP contribution is -2.39. The van der Waals surface area contributed by atoms with Crippen molar-refractivity contribution in [1.82, 2.24) is 9.88 Å². The molecule has 4 heteroatoms. The zero-order chi connectivity index (χ0) is 12.3. The van der Waals surface area contributed by atoms with E-state index in [-0.39, 0.29) is 23.1 Å². The Morgan fingerprint density at radius 3 is 2.76 bits per heavy atom. The second-order valence-corrected chi connectivity index (χ2v) is 4.65. The van der Waals surface area contributed by atoms with E-state index < -0.39 is 0 Å². The van der Waals surface area contributed by atoms with Crippen molar-refractivity contribution in [2.45, 2.75) is 38.1 Å². The van der Waals surface area contributed by atoms with Gasteiger partial charge in [0.05, 0.1) is 0 Å². The van der Waals surface area contributed by atoms with E-state index in [2.05, 4.69) is 5.32 Å². The molecule has 0 bridgehead atoms. The number of nitrogens with zero attached hydrogens (tertiary/aromatic N) is 1. The van der Waals surface area contributed by atoms with E-state index in [0.29, 0.717) is 0 Å². The van der Waals surface area contributed by atoms with Gasteiger partial charge in [0, 0.05) is 19.3 Å². The minimum absolute atomic E-state index is 0.235. The molecule has 0 spiro atoms. The maximum Gasteiger partial charge on any atom is 0.263 e. The van der Waals surface area contributed by atoms with Gasteiger partial charge < -0.3 is 9.88 Å². The molecule has 1 aromatic heterocycles. The fourth-order valence-electron chi connectivity index (χ4n) is 2.28. The van der Waals surface area contributed by atoms with Crippen LogP contribution in [-0.4, -0.2) is 16.5 Å². The van der Waals surface area contributed by atoms with Crippen LogP contribution in [0.1, 0.15) is 42.5 Å². The minimum atomic E-state index is -0.238. The largest absolute Gasteiger partial charge is 0.349 e. The molecule has 1 saturated carbocycles. The van der Waals surface area contributed by atoms with Gasteiger partial charge in [-0.3, -0.25) is 9.59 Å². The van der Waals surface area contributed by atoms with Crippen molar-refractivity contribution in [3.63, 3.8) is 0 Å². The molecule has 2 rings (SSSR count). The molecule has 1 fully saturated rings. The Morgan fingerprint density at radius 2 is 2.06 bits per heavy atom. The summed E-state index contributed by atoms with van der Waals surface area (Å²) in [6.45, 7) is 0. The summed E-state index contributed by atoms with van der Waals surface area (Å²) in [4.78, 5) is 23.7. The van der Waals surface area contributed by atoms with Gasteiger partial charge in [-0.05, 0) is 25.0 Å².